The van der Waals surface area contributed by atoms with Crippen molar-refractivity contribution in [1.29, 1.82) is 0 Å². The van der Waals surface area contributed by atoms with Crippen LogP contribution in [0.5, 0.6) is 0 Å². The fraction of sp³-hybridized carbons (Fsp3) is 0.500. The maximum Gasteiger partial charge on any atom is 0.303 e. The molecule has 1 unspecified atom stereocenters. The van der Waals surface area contributed by atoms with E-state index in [1.54, 1.807) is 7.05 Å². The third-order valence-corrected chi connectivity index (χ3v) is 3.29. The largest absolute Gasteiger partial charge is 0.481 e. The molecule has 0 spiro atoms. The lowest BCUT2D eigenvalue weighted by Crippen LogP contribution is -2.29. The SMILES string of the molecule is CC1=NC2=NN(C)C(=O)C2C(C)=C1CCC(=O)O. The zero-order valence-corrected chi connectivity index (χ0v) is 10.6. The minimum atomic E-state index is -0.850. The van der Waals surface area contributed by atoms with Gasteiger partial charge in [-0.25, -0.2) is 10.0 Å². The number of hydrogen-bond acceptors (Lipinski definition) is 4. The minimum absolute atomic E-state index is 0.0444. The Morgan fingerprint density at radius 2 is 2.11 bits per heavy atom. The number of amides is 1. The highest BCUT2D eigenvalue weighted by Crippen LogP contribution is 2.31. The standard InChI is InChI=1S/C12H15N3O3/c1-6-8(4-5-9(16)17)7(2)13-11-10(6)12(18)15(3)14-11/h10H,4-5H2,1-3H3,(H,16,17). The Morgan fingerprint density at radius 3 is 2.72 bits per heavy atom. The first-order chi connectivity index (χ1) is 8.41. The van der Waals surface area contributed by atoms with Gasteiger partial charge in [-0.15, -0.1) is 0 Å². The highest BCUT2D eigenvalue weighted by molar-refractivity contribution is 6.19. The van der Waals surface area contributed by atoms with E-state index in [0.29, 0.717) is 12.3 Å². The van der Waals surface area contributed by atoms with Crippen molar-refractivity contribution >= 4 is 23.4 Å². The molecule has 2 aliphatic rings. The highest BCUT2D eigenvalue weighted by Gasteiger charge is 2.39. The molecule has 2 aliphatic heterocycles. The zero-order chi connectivity index (χ0) is 13.4. The molecule has 0 radical (unpaired) electrons. The van der Waals surface area contributed by atoms with E-state index >= 15 is 0 Å². The molecule has 0 fully saturated rings. The molecule has 0 aliphatic carbocycles. The number of hydrogen-bond donors (Lipinski definition) is 1. The van der Waals surface area contributed by atoms with Crippen LogP contribution in [0, 0.1) is 5.92 Å². The number of carbonyl (C=O) groups is 2. The van der Waals surface area contributed by atoms with E-state index in [9.17, 15) is 9.59 Å². The Kier molecular flexibility index (Phi) is 3.02. The van der Waals surface area contributed by atoms with E-state index < -0.39 is 11.9 Å². The van der Waals surface area contributed by atoms with Crippen LogP contribution in [0.4, 0.5) is 0 Å². The van der Waals surface area contributed by atoms with Crippen molar-refractivity contribution < 1.29 is 14.7 Å². The van der Waals surface area contributed by atoms with Crippen LogP contribution in [0.15, 0.2) is 21.2 Å². The number of carbonyl (C=O) groups excluding carboxylic acids is 1. The Bertz CT molecular complexity index is 517. The van der Waals surface area contributed by atoms with Crippen molar-refractivity contribution in [3.8, 4) is 0 Å². The van der Waals surface area contributed by atoms with Gasteiger partial charge in [0.15, 0.2) is 5.84 Å². The topological polar surface area (TPSA) is 82.3 Å². The van der Waals surface area contributed by atoms with E-state index in [1.807, 2.05) is 13.8 Å². The normalized spacial score (nSPS) is 22.9. The van der Waals surface area contributed by atoms with E-state index in [4.69, 9.17) is 5.11 Å². The molecule has 0 aromatic rings. The Hall–Kier alpha value is -1.98. The lowest BCUT2D eigenvalue weighted by molar-refractivity contribution is -0.137. The molecule has 2 rings (SSSR count). The van der Waals surface area contributed by atoms with Crippen LogP contribution in [0.3, 0.4) is 0 Å². The van der Waals surface area contributed by atoms with Crippen molar-refractivity contribution in [2.24, 2.45) is 16.0 Å². The fourth-order valence-electron chi connectivity index (χ4n) is 2.33. The van der Waals surface area contributed by atoms with Gasteiger partial charge >= 0.3 is 5.97 Å². The molecule has 0 aromatic carbocycles. The Morgan fingerprint density at radius 1 is 1.44 bits per heavy atom. The van der Waals surface area contributed by atoms with Crippen molar-refractivity contribution in [1.82, 2.24) is 5.01 Å². The summed E-state index contributed by atoms with van der Waals surface area (Å²) in [4.78, 5) is 26.9. The maximum absolute atomic E-state index is 11.9. The predicted molar refractivity (Wildman–Crippen MR) is 66.4 cm³/mol. The van der Waals surface area contributed by atoms with Crippen molar-refractivity contribution in [2.45, 2.75) is 26.7 Å². The number of fused-ring (bicyclic) bond motifs is 1. The summed E-state index contributed by atoms with van der Waals surface area (Å²) in [6.45, 7) is 3.68. The van der Waals surface area contributed by atoms with E-state index in [1.165, 1.54) is 5.01 Å². The van der Waals surface area contributed by atoms with Crippen molar-refractivity contribution in [2.75, 3.05) is 7.05 Å². The first-order valence-corrected chi connectivity index (χ1v) is 5.75. The van der Waals surface area contributed by atoms with Crippen LogP contribution >= 0.6 is 0 Å². The summed E-state index contributed by atoms with van der Waals surface area (Å²) in [5.74, 6) is -0.872. The predicted octanol–water partition coefficient (Wildman–Crippen LogP) is 1.04. The zero-order valence-electron chi connectivity index (χ0n) is 10.6. The third kappa shape index (κ3) is 1.94. The number of amidine groups is 1. The molecule has 18 heavy (non-hydrogen) atoms. The van der Waals surface area contributed by atoms with Gasteiger partial charge in [0.05, 0.1) is 0 Å². The molecule has 1 amide bonds. The second-order valence-corrected chi connectivity index (χ2v) is 4.51. The van der Waals surface area contributed by atoms with Crippen LogP contribution in [-0.2, 0) is 9.59 Å². The molecule has 2 heterocycles. The Balaban J connectivity index is 2.33. The summed E-state index contributed by atoms with van der Waals surface area (Å²) in [5.41, 5.74) is 2.49. The van der Waals surface area contributed by atoms with E-state index in [-0.39, 0.29) is 12.3 Å². The minimum Gasteiger partial charge on any atom is -0.481 e. The van der Waals surface area contributed by atoms with Crippen LogP contribution in [0.1, 0.15) is 26.7 Å². The highest BCUT2D eigenvalue weighted by atomic mass is 16.4. The number of nitrogens with zero attached hydrogens (tertiary/aromatic N) is 3. The lowest BCUT2D eigenvalue weighted by Gasteiger charge is -2.20. The van der Waals surface area contributed by atoms with E-state index in [2.05, 4.69) is 10.1 Å². The molecule has 0 saturated heterocycles. The summed E-state index contributed by atoms with van der Waals surface area (Å²) >= 11 is 0. The van der Waals surface area contributed by atoms with Gasteiger partial charge in [0.25, 0.3) is 5.91 Å². The number of hydrazone groups is 1. The van der Waals surface area contributed by atoms with Crippen LogP contribution in [0.2, 0.25) is 0 Å². The first kappa shape index (κ1) is 12.5. The fourth-order valence-corrected chi connectivity index (χ4v) is 2.33. The number of aliphatic imine (C=N–C) groups is 1. The lowest BCUT2D eigenvalue weighted by atomic mass is 9.87. The molecule has 96 valence electrons. The average Bonchev–Trinajstić information content (AvgIpc) is 2.53. The molecule has 1 atom stereocenters. The number of aliphatic carboxylic acids is 1. The smallest absolute Gasteiger partial charge is 0.303 e. The van der Waals surface area contributed by atoms with Gasteiger partial charge in [-0.05, 0) is 31.4 Å². The van der Waals surface area contributed by atoms with Gasteiger partial charge in [0, 0.05) is 19.2 Å². The molecule has 6 heteroatoms. The van der Waals surface area contributed by atoms with Crippen LogP contribution in [-0.4, -0.2) is 40.6 Å². The second-order valence-electron chi connectivity index (χ2n) is 4.51. The van der Waals surface area contributed by atoms with Crippen molar-refractivity contribution in [3.63, 3.8) is 0 Å². The number of carboxylic acid groups (broad SMARTS) is 1. The average molecular weight is 249 g/mol. The monoisotopic (exact) mass is 249 g/mol. The number of rotatable bonds is 3. The van der Waals surface area contributed by atoms with Crippen LogP contribution in [0.25, 0.3) is 0 Å². The molecule has 0 bridgehead atoms. The number of carboxylic acids is 1. The summed E-state index contributed by atoms with van der Waals surface area (Å²) in [6.07, 6.45) is 0.444. The summed E-state index contributed by atoms with van der Waals surface area (Å²) < 4.78 is 0. The quantitative estimate of drug-likeness (QED) is 0.811. The summed E-state index contributed by atoms with van der Waals surface area (Å²) in [6, 6.07) is 0. The van der Waals surface area contributed by atoms with Gasteiger partial charge in [-0.1, -0.05) is 0 Å². The summed E-state index contributed by atoms with van der Waals surface area (Å²) in [5, 5.41) is 14.1. The Labute approximate surface area is 105 Å². The van der Waals surface area contributed by atoms with E-state index in [0.717, 1.165) is 16.9 Å². The van der Waals surface area contributed by atoms with Gasteiger partial charge in [0.1, 0.15) is 5.92 Å². The van der Waals surface area contributed by atoms with Crippen LogP contribution < -0.4 is 0 Å². The maximum atomic E-state index is 11.9. The van der Waals surface area contributed by atoms with Gasteiger partial charge in [-0.2, -0.15) is 5.10 Å². The van der Waals surface area contributed by atoms with Gasteiger partial charge < -0.3 is 5.11 Å². The second kappa shape index (κ2) is 4.36. The number of dihydropyridines is 1. The molecule has 0 saturated carbocycles. The third-order valence-electron chi connectivity index (χ3n) is 3.29. The molecular formula is C12H15N3O3. The molecule has 6 nitrogen and oxygen atoms in total. The molecular weight excluding hydrogens is 234 g/mol. The first-order valence-electron chi connectivity index (χ1n) is 5.75. The molecule has 0 aromatic heterocycles. The van der Waals surface area contributed by atoms with Crippen molar-refractivity contribution in [3.05, 3.63) is 11.1 Å². The molecule has 1 N–H and O–H groups in total. The van der Waals surface area contributed by atoms with Gasteiger partial charge in [0.2, 0.25) is 0 Å². The number of allylic oxidation sites excluding steroid dienone is 1. The summed E-state index contributed by atoms with van der Waals surface area (Å²) in [7, 11) is 1.60. The van der Waals surface area contributed by atoms with Gasteiger partial charge in [-0.3, -0.25) is 9.59 Å².